The first-order valence-corrected chi connectivity index (χ1v) is 7.39. The molecule has 0 saturated heterocycles. The SMILES string of the molecule is CCCNC(=S)Nc1ccc2nc(CC)sc2c1. The van der Waals surface area contributed by atoms with E-state index in [1.165, 1.54) is 9.71 Å². The first kappa shape index (κ1) is 13.2. The van der Waals surface area contributed by atoms with E-state index >= 15 is 0 Å². The van der Waals surface area contributed by atoms with Gasteiger partial charge in [-0.3, -0.25) is 0 Å². The van der Waals surface area contributed by atoms with Crippen LogP contribution in [0.2, 0.25) is 0 Å². The lowest BCUT2D eigenvalue weighted by Gasteiger charge is -2.09. The van der Waals surface area contributed by atoms with Crippen molar-refractivity contribution in [2.45, 2.75) is 26.7 Å². The normalized spacial score (nSPS) is 10.6. The molecule has 0 amide bonds. The topological polar surface area (TPSA) is 37.0 Å². The molecule has 2 N–H and O–H groups in total. The van der Waals surface area contributed by atoms with E-state index in [0.717, 1.165) is 30.6 Å². The van der Waals surface area contributed by atoms with Crippen LogP contribution in [0.5, 0.6) is 0 Å². The van der Waals surface area contributed by atoms with Crippen LogP contribution in [0.15, 0.2) is 18.2 Å². The highest BCUT2D eigenvalue weighted by Gasteiger charge is 2.04. The Bertz CT molecular complexity index is 548. The fourth-order valence-corrected chi connectivity index (χ4v) is 2.78. The summed E-state index contributed by atoms with van der Waals surface area (Å²) in [4.78, 5) is 4.54. The van der Waals surface area contributed by atoms with Gasteiger partial charge in [-0.1, -0.05) is 13.8 Å². The third-order valence-electron chi connectivity index (χ3n) is 2.53. The average molecular weight is 279 g/mol. The van der Waals surface area contributed by atoms with E-state index in [2.05, 4.69) is 35.5 Å². The van der Waals surface area contributed by atoms with Gasteiger partial charge in [0.05, 0.1) is 15.2 Å². The summed E-state index contributed by atoms with van der Waals surface area (Å²) in [6.45, 7) is 5.14. The number of fused-ring (bicyclic) bond motifs is 1. The summed E-state index contributed by atoms with van der Waals surface area (Å²) >= 11 is 6.96. The Labute approximate surface area is 117 Å². The summed E-state index contributed by atoms with van der Waals surface area (Å²) in [6.07, 6.45) is 2.05. The molecule has 0 bridgehead atoms. The number of nitrogens with one attached hydrogen (secondary N) is 2. The molecule has 2 rings (SSSR count). The summed E-state index contributed by atoms with van der Waals surface area (Å²) in [5.41, 5.74) is 2.08. The predicted octanol–water partition coefficient (Wildman–Crippen LogP) is 3.56. The highest BCUT2D eigenvalue weighted by molar-refractivity contribution is 7.80. The quantitative estimate of drug-likeness (QED) is 0.839. The van der Waals surface area contributed by atoms with E-state index in [1.54, 1.807) is 11.3 Å². The Hall–Kier alpha value is -1.20. The van der Waals surface area contributed by atoms with E-state index in [9.17, 15) is 0 Å². The maximum atomic E-state index is 5.22. The van der Waals surface area contributed by atoms with Crippen molar-refractivity contribution in [1.82, 2.24) is 10.3 Å². The lowest BCUT2D eigenvalue weighted by Crippen LogP contribution is -2.28. The zero-order chi connectivity index (χ0) is 13.0. The first-order valence-electron chi connectivity index (χ1n) is 6.17. The van der Waals surface area contributed by atoms with Crippen molar-refractivity contribution >= 4 is 44.6 Å². The van der Waals surface area contributed by atoms with Gasteiger partial charge < -0.3 is 10.6 Å². The van der Waals surface area contributed by atoms with Crippen molar-refractivity contribution in [1.29, 1.82) is 0 Å². The van der Waals surface area contributed by atoms with Crippen LogP contribution in [0.25, 0.3) is 10.2 Å². The van der Waals surface area contributed by atoms with Crippen LogP contribution < -0.4 is 10.6 Å². The molecule has 0 unspecified atom stereocenters. The molecule has 2 aromatic rings. The minimum Gasteiger partial charge on any atom is -0.362 e. The second-order valence-corrected chi connectivity index (χ2v) is 5.55. The number of nitrogens with zero attached hydrogens (tertiary/aromatic N) is 1. The zero-order valence-electron chi connectivity index (χ0n) is 10.6. The maximum Gasteiger partial charge on any atom is 0.170 e. The highest BCUT2D eigenvalue weighted by atomic mass is 32.1. The number of hydrogen-bond acceptors (Lipinski definition) is 3. The van der Waals surface area contributed by atoms with E-state index in [0.29, 0.717) is 5.11 Å². The molecule has 1 heterocycles. The average Bonchev–Trinajstić information content (AvgIpc) is 2.78. The third kappa shape index (κ3) is 3.17. The van der Waals surface area contributed by atoms with Crippen LogP contribution in [-0.2, 0) is 6.42 Å². The van der Waals surface area contributed by atoms with Crippen molar-refractivity contribution in [2.24, 2.45) is 0 Å². The Balaban J connectivity index is 2.11. The largest absolute Gasteiger partial charge is 0.362 e. The maximum absolute atomic E-state index is 5.22. The number of hydrogen-bond donors (Lipinski definition) is 2. The molecule has 96 valence electrons. The molecule has 0 atom stereocenters. The number of benzene rings is 1. The predicted molar refractivity (Wildman–Crippen MR) is 83.5 cm³/mol. The Morgan fingerprint density at radius 3 is 2.94 bits per heavy atom. The Morgan fingerprint density at radius 1 is 1.39 bits per heavy atom. The highest BCUT2D eigenvalue weighted by Crippen LogP contribution is 2.25. The number of aromatic nitrogens is 1. The summed E-state index contributed by atoms with van der Waals surface area (Å²) in [6, 6.07) is 6.16. The molecule has 1 aromatic carbocycles. The van der Waals surface area contributed by atoms with Crippen LogP contribution in [-0.4, -0.2) is 16.6 Å². The standard InChI is InChI=1S/C13H17N3S2/c1-3-7-14-13(17)15-9-5-6-10-11(8-9)18-12(4-2)16-10/h5-6,8H,3-4,7H2,1-2H3,(H2,14,15,17). The van der Waals surface area contributed by atoms with Gasteiger partial charge in [-0.15, -0.1) is 11.3 Å². The smallest absolute Gasteiger partial charge is 0.170 e. The second-order valence-electron chi connectivity index (χ2n) is 4.02. The van der Waals surface area contributed by atoms with Gasteiger partial charge in [0.15, 0.2) is 5.11 Å². The second kappa shape index (κ2) is 6.11. The monoisotopic (exact) mass is 279 g/mol. The molecule has 0 spiro atoms. The lowest BCUT2D eigenvalue weighted by atomic mass is 10.3. The molecule has 0 saturated carbocycles. The number of anilines is 1. The van der Waals surface area contributed by atoms with Gasteiger partial charge in [0.1, 0.15) is 0 Å². The molecular formula is C13H17N3S2. The van der Waals surface area contributed by atoms with Crippen molar-refractivity contribution in [2.75, 3.05) is 11.9 Å². The van der Waals surface area contributed by atoms with Crippen LogP contribution in [0.3, 0.4) is 0 Å². The Morgan fingerprint density at radius 2 is 2.22 bits per heavy atom. The molecule has 0 radical (unpaired) electrons. The summed E-state index contributed by atoms with van der Waals surface area (Å²) < 4.78 is 1.20. The molecule has 1 aromatic heterocycles. The fourth-order valence-electron chi connectivity index (χ4n) is 1.62. The molecule has 5 heteroatoms. The molecular weight excluding hydrogens is 262 g/mol. The lowest BCUT2D eigenvalue weighted by molar-refractivity contribution is 0.846. The van der Waals surface area contributed by atoms with Crippen LogP contribution in [0.4, 0.5) is 5.69 Å². The van der Waals surface area contributed by atoms with Crippen LogP contribution >= 0.6 is 23.6 Å². The number of thiazole rings is 1. The van der Waals surface area contributed by atoms with Gasteiger partial charge in [-0.2, -0.15) is 0 Å². The van der Waals surface area contributed by atoms with Crippen molar-refractivity contribution in [3.8, 4) is 0 Å². The van der Waals surface area contributed by atoms with E-state index < -0.39 is 0 Å². The van der Waals surface area contributed by atoms with Crippen molar-refractivity contribution < 1.29 is 0 Å². The number of aryl methyl sites for hydroxylation is 1. The number of rotatable bonds is 4. The minimum atomic E-state index is 0.677. The van der Waals surface area contributed by atoms with Crippen LogP contribution in [0.1, 0.15) is 25.3 Å². The zero-order valence-corrected chi connectivity index (χ0v) is 12.3. The van der Waals surface area contributed by atoms with Gasteiger partial charge in [0.25, 0.3) is 0 Å². The van der Waals surface area contributed by atoms with Gasteiger partial charge in [0, 0.05) is 12.2 Å². The van der Waals surface area contributed by atoms with E-state index in [1.807, 2.05) is 12.1 Å². The first-order chi connectivity index (χ1) is 8.72. The summed E-state index contributed by atoms with van der Waals surface area (Å²) in [5, 5.41) is 8.20. The van der Waals surface area contributed by atoms with Crippen molar-refractivity contribution in [3.05, 3.63) is 23.2 Å². The fraction of sp³-hybridized carbons (Fsp3) is 0.385. The molecule has 0 aliphatic heterocycles. The molecule has 0 aliphatic carbocycles. The molecule has 0 fully saturated rings. The van der Waals surface area contributed by atoms with Gasteiger partial charge >= 0.3 is 0 Å². The van der Waals surface area contributed by atoms with Gasteiger partial charge in [-0.25, -0.2) is 4.98 Å². The molecule has 0 aliphatic rings. The number of thiocarbonyl (C=S) groups is 1. The summed E-state index contributed by atoms with van der Waals surface area (Å²) in [7, 11) is 0. The third-order valence-corrected chi connectivity index (χ3v) is 3.94. The van der Waals surface area contributed by atoms with Gasteiger partial charge in [-0.05, 0) is 43.3 Å². The van der Waals surface area contributed by atoms with Gasteiger partial charge in [0.2, 0.25) is 0 Å². The van der Waals surface area contributed by atoms with E-state index in [-0.39, 0.29) is 0 Å². The Kier molecular flexibility index (Phi) is 4.49. The van der Waals surface area contributed by atoms with Crippen LogP contribution in [0, 0.1) is 0 Å². The molecule has 18 heavy (non-hydrogen) atoms. The molecule has 3 nitrogen and oxygen atoms in total. The van der Waals surface area contributed by atoms with E-state index in [4.69, 9.17) is 12.2 Å². The minimum absolute atomic E-state index is 0.677. The summed E-state index contributed by atoms with van der Waals surface area (Å²) in [5.74, 6) is 0. The van der Waals surface area contributed by atoms with Crippen molar-refractivity contribution in [3.63, 3.8) is 0 Å².